The van der Waals surface area contributed by atoms with Gasteiger partial charge in [0, 0.05) is 11.5 Å². The second kappa shape index (κ2) is 7.16. The maximum Gasteiger partial charge on any atom is 0.306 e. The molecule has 0 spiro atoms. The third kappa shape index (κ3) is 4.81. The van der Waals surface area contributed by atoms with Gasteiger partial charge in [0.1, 0.15) is 0 Å². The zero-order chi connectivity index (χ0) is 17.0. The molecule has 1 aliphatic carbocycles. The first-order chi connectivity index (χ1) is 10.8. The maximum atomic E-state index is 12.6. The Balaban J connectivity index is 1.98. The summed E-state index contributed by atoms with van der Waals surface area (Å²) in [7, 11) is 0. The highest BCUT2D eigenvalue weighted by Gasteiger charge is 2.33. The van der Waals surface area contributed by atoms with E-state index in [1.165, 1.54) is 11.1 Å². The minimum atomic E-state index is -0.776. The van der Waals surface area contributed by atoms with E-state index in [9.17, 15) is 9.59 Å². The molecule has 0 radical (unpaired) electrons. The molecule has 1 fully saturated rings. The van der Waals surface area contributed by atoms with E-state index in [0.717, 1.165) is 19.3 Å². The molecule has 4 heteroatoms. The van der Waals surface area contributed by atoms with Gasteiger partial charge in [-0.25, -0.2) is 0 Å². The van der Waals surface area contributed by atoms with Gasteiger partial charge in [0.25, 0.3) is 0 Å². The zero-order valence-electron chi connectivity index (χ0n) is 14.3. The standard InChI is InChI=1S/C19H27NO3/c1-13-7-4-5-8-16(13)12-19(2,3)20-17(21)14-9-6-10-15(11-14)18(22)23/h4-5,7-8,14-15H,6,9-12H2,1-3H3,(H,20,21)(H,22,23). The number of aliphatic carboxylic acids is 1. The number of hydrogen-bond acceptors (Lipinski definition) is 2. The second-order valence-electron chi connectivity index (χ2n) is 7.38. The number of amides is 1. The fraction of sp³-hybridized carbons (Fsp3) is 0.579. The molecule has 1 amide bonds. The average molecular weight is 317 g/mol. The van der Waals surface area contributed by atoms with Crippen LogP contribution in [0.15, 0.2) is 24.3 Å². The third-order valence-corrected chi connectivity index (χ3v) is 4.75. The summed E-state index contributed by atoms with van der Waals surface area (Å²) in [5.41, 5.74) is 2.10. The Labute approximate surface area is 138 Å². The smallest absolute Gasteiger partial charge is 0.306 e. The molecule has 0 aromatic heterocycles. The molecule has 2 unspecified atom stereocenters. The number of benzene rings is 1. The minimum absolute atomic E-state index is 0.00506. The van der Waals surface area contributed by atoms with Gasteiger partial charge in [-0.2, -0.15) is 0 Å². The monoisotopic (exact) mass is 317 g/mol. The fourth-order valence-corrected chi connectivity index (χ4v) is 3.42. The van der Waals surface area contributed by atoms with Crippen molar-refractivity contribution in [1.29, 1.82) is 0 Å². The van der Waals surface area contributed by atoms with Crippen LogP contribution in [0.1, 0.15) is 50.7 Å². The van der Waals surface area contributed by atoms with Gasteiger partial charge in [-0.05, 0) is 57.6 Å². The van der Waals surface area contributed by atoms with Crippen molar-refractivity contribution in [3.8, 4) is 0 Å². The summed E-state index contributed by atoms with van der Waals surface area (Å²) < 4.78 is 0. The van der Waals surface area contributed by atoms with Crippen molar-refractivity contribution in [2.45, 2.75) is 58.4 Å². The van der Waals surface area contributed by atoms with Gasteiger partial charge in [-0.3, -0.25) is 9.59 Å². The molecule has 4 nitrogen and oxygen atoms in total. The zero-order valence-corrected chi connectivity index (χ0v) is 14.3. The van der Waals surface area contributed by atoms with E-state index in [-0.39, 0.29) is 23.3 Å². The van der Waals surface area contributed by atoms with Crippen molar-refractivity contribution in [1.82, 2.24) is 5.32 Å². The highest BCUT2D eigenvalue weighted by atomic mass is 16.4. The molecule has 1 saturated carbocycles. The van der Waals surface area contributed by atoms with Crippen molar-refractivity contribution < 1.29 is 14.7 Å². The molecule has 23 heavy (non-hydrogen) atoms. The van der Waals surface area contributed by atoms with E-state index in [1.54, 1.807) is 0 Å². The molecule has 0 saturated heterocycles. The lowest BCUT2D eigenvalue weighted by atomic mass is 9.80. The molecule has 0 aliphatic heterocycles. The lowest BCUT2D eigenvalue weighted by Crippen LogP contribution is -2.48. The van der Waals surface area contributed by atoms with E-state index < -0.39 is 5.97 Å². The summed E-state index contributed by atoms with van der Waals surface area (Å²) in [6.07, 6.45) is 3.51. The number of carboxylic acids is 1. The first kappa shape index (κ1) is 17.5. The Morgan fingerprint density at radius 2 is 1.87 bits per heavy atom. The first-order valence-corrected chi connectivity index (χ1v) is 8.38. The number of carboxylic acid groups (broad SMARTS) is 1. The van der Waals surface area contributed by atoms with Crippen LogP contribution in [0.2, 0.25) is 0 Å². The summed E-state index contributed by atoms with van der Waals surface area (Å²) in [5.74, 6) is -1.34. The van der Waals surface area contributed by atoms with Crippen LogP contribution in [-0.2, 0) is 16.0 Å². The molecule has 0 bridgehead atoms. The number of aryl methyl sites for hydroxylation is 1. The van der Waals surface area contributed by atoms with Crippen molar-refractivity contribution in [2.24, 2.45) is 11.8 Å². The number of hydrogen-bond donors (Lipinski definition) is 2. The Hall–Kier alpha value is -1.84. The molecule has 126 valence electrons. The van der Waals surface area contributed by atoms with Crippen LogP contribution < -0.4 is 5.32 Å². The Bertz CT molecular complexity index is 580. The highest BCUT2D eigenvalue weighted by molar-refractivity contribution is 5.80. The van der Waals surface area contributed by atoms with Crippen LogP contribution in [0, 0.1) is 18.8 Å². The minimum Gasteiger partial charge on any atom is -0.481 e. The number of carbonyl (C=O) groups excluding carboxylic acids is 1. The Morgan fingerprint density at radius 1 is 1.22 bits per heavy atom. The van der Waals surface area contributed by atoms with E-state index in [2.05, 4.69) is 24.4 Å². The van der Waals surface area contributed by atoms with E-state index in [1.807, 2.05) is 26.0 Å². The third-order valence-electron chi connectivity index (χ3n) is 4.75. The highest BCUT2D eigenvalue weighted by Crippen LogP contribution is 2.30. The predicted molar refractivity (Wildman–Crippen MR) is 90.2 cm³/mol. The number of carbonyl (C=O) groups is 2. The predicted octanol–water partition coefficient (Wildman–Crippen LogP) is 3.32. The maximum absolute atomic E-state index is 12.6. The van der Waals surface area contributed by atoms with Gasteiger partial charge >= 0.3 is 5.97 Å². The SMILES string of the molecule is Cc1ccccc1CC(C)(C)NC(=O)C1CCCC(C(=O)O)C1. The summed E-state index contributed by atoms with van der Waals surface area (Å²) in [5, 5.41) is 12.3. The van der Waals surface area contributed by atoms with Gasteiger partial charge in [0.05, 0.1) is 5.92 Å². The van der Waals surface area contributed by atoms with Crippen molar-refractivity contribution in [2.75, 3.05) is 0 Å². The van der Waals surface area contributed by atoms with Gasteiger partial charge < -0.3 is 10.4 Å². The van der Waals surface area contributed by atoms with Crippen molar-refractivity contribution >= 4 is 11.9 Å². The van der Waals surface area contributed by atoms with Crippen LogP contribution in [0.3, 0.4) is 0 Å². The van der Waals surface area contributed by atoms with E-state index >= 15 is 0 Å². The number of nitrogens with one attached hydrogen (secondary N) is 1. The summed E-state index contributed by atoms with van der Waals surface area (Å²) in [6.45, 7) is 6.12. The lowest BCUT2D eigenvalue weighted by Gasteiger charge is -2.32. The molecule has 2 rings (SSSR count). The fourth-order valence-electron chi connectivity index (χ4n) is 3.42. The van der Waals surface area contributed by atoms with E-state index in [0.29, 0.717) is 12.8 Å². The first-order valence-electron chi connectivity index (χ1n) is 8.38. The van der Waals surface area contributed by atoms with Gasteiger partial charge in [-0.1, -0.05) is 30.7 Å². The van der Waals surface area contributed by atoms with Crippen LogP contribution in [0.4, 0.5) is 0 Å². The van der Waals surface area contributed by atoms with E-state index in [4.69, 9.17) is 5.11 Å². The van der Waals surface area contributed by atoms with Crippen LogP contribution >= 0.6 is 0 Å². The summed E-state index contributed by atoms with van der Waals surface area (Å²) in [4.78, 5) is 23.7. The molecule has 2 atom stereocenters. The second-order valence-corrected chi connectivity index (χ2v) is 7.38. The molecule has 2 N–H and O–H groups in total. The topological polar surface area (TPSA) is 66.4 Å². The van der Waals surface area contributed by atoms with Crippen LogP contribution in [0.5, 0.6) is 0 Å². The Morgan fingerprint density at radius 3 is 2.52 bits per heavy atom. The summed E-state index contributed by atoms with van der Waals surface area (Å²) in [6, 6.07) is 8.19. The van der Waals surface area contributed by atoms with Crippen LogP contribution in [-0.4, -0.2) is 22.5 Å². The molecular weight excluding hydrogens is 290 g/mol. The largest absolute Gasteiger partial charge is 0.481 e. The van der Waals surface area contributed by atoms with Crippen molar-refractivity contribution in [3.63, 3.8) is 0 Å². The van der Waals surface area contributed by atoms with Crippen LogP contribution in [0.25, 0.3) is 0 Å². The van der Waals surface area contributed by atoms with Crippen molar-refractivity contribution in [3.05, 3.63) is 35.4 Å². The molecule has 1 aromatic carbocycles. The molecule has 1 aliphatic rings. The van der Waals surface area contributed by atoms with Gasteiger partial charge in [0.2, 0.25) is 5.91 Å². The number of rotatable bonds is 5. The Kier molecular flexibility index (Phi) is 5.45. The lowest BCUT2D eigenvalue weighted by molar-refractivity contribution is -0.144. The van der Waals surface area contributed by atoms with Gasteiger partial charge in [0.15, 0.2) is 0 Å². The molecule has 0 heterocycles. The quantitative estimate of drug-likeness (QED) is 0.875. The summed E-state index contributed by atoms with van der Waals surface area (Å²) >= 11 is 0. The normalized spacial score (nSPS) is 21.7. The average Bonchev–Trinajstić information content (AvgIpc) is 2.49. The molecule has 1 aromatic rings. The molecular formula is C19H27NO3. The van der Waals surface area contributed by atoms with Gasteiger partial charge in [-0.15, -0.1) is 0 Å².